The molecular formula is C39H46FN8O4P. The van der Waals surface area contributed by atoms with Crippen molar-refractivity contribution < 1.29 is 22.9 Å². The Hall–Kier alpha value is -4.54. The number of nitriles is 1. The average Bonchev–Trinajstić information content (AvgIpc) is 3.75. The van der Waals surface area contributed by atoms with Crippen LogP contribution in [0.25, 0.3) is 11.2 Å². The first-order chi connectivity index (χ1) is 25.7. The number of halogens is 1. The fraction of sp³-hybridized carbons (Fsp3) is 0.385. The number of imidazole rings is 1. The number of fused-ring (bicyclic) bond motifs is 1. The van der Waals surface area contributed by atoms with Crippen LogP contribution in [0.15, 0.2) is 97.6 Å². The molecule has 6 rings (SSSR count). The van der Waals surface area contributed by atoms with Crippen molar-refractivity contribution in [3.05, 3.63) is 114 Å². The number of ether oxygens (including phenoxy) is 2. The van der Waals surface area contributed by atoms with E-state index in [1.165, 1.54) is 12.7 Å². The van der Waals surface area contributed by atoms with Crippen LogP contribution in [0.5, 0.6) is 5.75 Å². The number of hydrogen-bond donors (Lipinski definition) is 2. The predicted molar refractivity (Wildman–Crippen MR) is 203 cm³/mol. The van der Waals surface area contributed by atoms with Crippen molar-refractivity contribution in [1.29, 1.82) is 5.26 Å². The number of nitrogens with two attached hydrogens (primary N) is 1. The van der Waals surface area contributed by atoms with Gasteiger partial charge < -0.3 is 29.6 Å². The normalized spacial score (nSPS) is 19.6. The van der Waals surface area contributed by atoms with E-state index in [4.69, 9.17) is 34.5 Å². The van der Waals surface area contributed by atoms with Gasteiger partial charge in [-0.15, -0.1) is 0 Å². The number of nitrogens with zero attached hydrogens (tertiary/aromatic N) is 6. The lowest BCUT2D eigenvalue weighted by molar-refractivity contribution is -0.0174. The van der Waals surface area contributed by atoms with Crippen molar-refractivity contribution in [1.82, 2.24) is 24.2 Å². The van der Waals surface area contributed by atoms with Gasteiger partial charge in [0.2, 0.25) is 0 Å². The van der Waals surface area contributed by atoms with Crippen LogP contribution in [0.3, 0.4) is 0 Å². The first kappa shape index (κ1) is 38.2. The molecule has 2 aromatic heterocycles. The van der Waals surface area contributed by atoms with Crippen LogP contribution in [0.4, 0.5) is 10.2 Å². The molecule has 0 bridgehead atoms. The Morgan fingerprint density at radius 2 is 1.58 bits per heavy atom. The molecule has 0 spiro atoms. The number of hydrogen-bond acceptors (Lipinski definition) is 11. The molecule has 1 aliphatic heterocycles. The topological polar surface area (TPSA) is 146 Å². The Kier molecular flexibility index (Phi) is 12.3. The smallest absolute Gasteiger partial charge is 0.259 e. The van der Waals surface area contributed by atoms with E-state index in [1.54, 1.807) is 11.7 Å². The Morgan fingerprint density at radius 3 is 2.15 bits per heavy atom. The summed E-state index contributed by atoms with van der Waals surface area (Å²) in [5, 5.41) is 12.9. The van der Waals surface area contributed by atoms with E-state index in [0.29, 0.717) is 17.0 Å². The van der Waals surface area contributed by atoms with Gasteiger partial charge >= 0.3 is 0 Å². The number of benzene rings is 3. The van der Waals surface area contributed by atoms with Gasteiger partial charge in [0.05, 0.1) is 32.5 Å². The monoisotopic (exact) mass is 740 g/mol. The largest absolute Gasteiger partial charge is 0.497 e. The minimum atomic E-state index is -1.75. The standard InChI is InChI=1S/C39H46FN8O4P/c1-26(2)48(27(3)4)53(50-22-12-21-41)52-35-32(23-42)51-38(33(35)40)47-25-45-34-36(43-24-44-37(34)47)46-39(28-13-8-6-9-14-28,29-15-10-7-11-16-29)30-17-19-31(49-5)20-18-30/h6-11,13-20,24-27,32-33,35,38H,12,22-23,42H2,1-5H3,(H,43,44,46)/t32-,33-,35-,38-,53?/m1/s1. The highest BCUT2D eigenvalue weighted by atomic mass is 31.2. The maximum Gasteiger partial charge on any atom is 0.259 e. The first-order valence-electron chi connectivity index (χ1n) is 17.7. The molecule has 53 heavy (non-hydrogen) atoms. The van der Waals surface area contributed by atoms with E-state index >= 15 is 4.39 Å². The van der Waals surface area contributed by atoms with E-state index in [1.807, 2.05) is 93.0 Å². The second kappa shape index (κ2) is 17.1. The SMILES string of the molecule is COc1ccc(C(Nc2ncnc3c2ncn3[C@@H]2O[C@H](CN)[C@@H](OP(OCCC#N)N(C(C)C)C(C)C)[C@H]2F)(c2ccccc2)c2ccccc2)cc1. The fourth-order valence-electron chi connectivity index (χ4n) is 6.87. The molecule has 278 valence electrons. The molecule has 3 aromatic carbocycles. The number of anilines is 1. The molecule has 5 atom stereocenters. The Morgan fingerprint density at radius 1 is 0.962 bits per heavy atom. The van der Waals surface area contributed by atoms with Crippen molar-refractivity contribution in [3.63, 3.8) is 0 Å². The van der Waals surface area contributed by atoms with Crippen molar-refractivity contribution >= 4 is 25.5 Å². The van der Waals surface area contributed by atoms with Gasteiger partial charge in [-0.1, -0.05) is 72.8 Å². The van der Waals surface area contributed by atoms with Crippen LogP contribution >= 0.6 is 8.53 Å². The lowest BCUT2D eigenvalue weighted by Crippen LogP contribution is -2.39. The minimum Gasteiger partial charge on any atom is -0.497 e. The Balaban J connectivity index is 1.39. The molecule has 0 saturated carbocycles. The number of aromatic nitrogens is 4. The molecule has 3 heterocycles. The van der Waals surface area contributed by atoms with Crippen LogP contribution in [0, 0.1) is 11.3 Å². The summed E-state index contributed by atoms with van der Waals surface area (Å²) in [6.45, 7) is 8.26. The summed E-state index contributed by atoms with van der Waals surface area (Å²) in [4.78, 5) is 14.0. The minimum absolute atomic E-state index is 0.0132. The number of nitrogens with one attached hydrogen (secondary N) is 1. The summed E-state index contributed by atoms with van der Waals surface area (Å²) in [5.41, 5.74) is 8.87. The van der Waals surface area contributed by atoms with E-state index in [-0.39, 0.29) is 31.7 Å². The van der Waals surface area contributed by atoms with Crippen molar-refractivity contribution in [2.45, 2.75) is 76.3 Å². The molecule has 1 aliphatic rings. The van der Waals surface area contributed by atoms with Gasteiger partial charge in [-0.2, -0.15) is 5.26 Å². The maximum atomic E-state index is 16.8. The van der Waals surface area contributed by atoms with E-state index in [2.05, 4.69) is 45.6 Å². The molecule has 3 N–H and O–H groups in total. The van der Waals surface area contributed by atoms with Crippen molar-refractivity contribution in [2.24, 2.45) is 5.73 Å². The van der Waals surface area contributed by atoms with Gasteiger partial charge in [-0.3, -0.25) is 4.57 Å². The van der Waals surface area contributed by atoms with E-state index < -0.39 is 38.7 Å². The molecule has 1 saturated heterocycles. The lowest BCUT2D eigenvalue weighted by atomic mass is 9.77. The lowest BCUT2D eigenvalue weighted by Gasteiger charge is -2.37. The molecule has 14 heteroatoms. The number of methoxy groups -OCH3 is 1. The van der Waals surface area contributed by atoms with Gasteiger partial charge in [0.25, 0.3) is 8.53 Å². The summed E-state index contributed by atoms with van der Waals surface area (Å²) in [6, 6.07) is 30.2. The Labute approximate surface area is 311 Å². The molecule has 5 aromatic rings. The van der Waals surface area contributed by atoms with Crippen LogP contribution in [0.2, 0.25) is 0 Å². The molecular weight excluding hydrogens is 694 g/mol. The third-order valence-electron chi connectivity index (χ3n) is 9.25. The first-order valence-corrected chi connectivity index (χ1v) is 18.8. The average molecular weight is 741 g/mol. The van der Waals surface area contributed by atoms with Gasteiger partial charge in [-0.05, 0) is 56.5 Å². The highest BCUT2D eigenvalue weighted by Gasteiger charge is 2.49. The van der Waals surface area contributed by atoms with Crippen LogP contribution in [0.1, 0.15) is 57.0 Å². The fourth-order valence-corrected chi connectivity index (χ4v) is 8.64. The van der Waals surface area contributed by atoms with Gasteiger partial charge in [0, 0.05) is 18.6 Å². The summed E-state index contributed by atoms with van der Waals surface area (Å²) in [5.74, 6) is 1.16. The third kappa shape index (κ3) is 7.76. The van der Waals surface area contributed by atoms with Crippen LogP contribution in [-0.4, -0.2) is 74.9 Å². The molecule has 0 aliphatic carbocycles. The summed E-state index contributed by atoms with van der Waals surface area (Å²) in [7, 11) is -0.110. The van der Waals surface area contributed by atoms with Gasteiger partial charge in [-0.25, -0.2) is 24.0 Å². The zero-order chi connectivity index (χ0) is 37.5. The van der Waals surface area contributed by atoms with Crippen molar-refractivity contribution in [3.8, 4) is 11.8 Å². The summed E-state index contributed by atoms with van der Waals surface area (Å²) < 4.78 is 44.7. The second-order valence-corrected chi connectivity index (χ2v) is 14.7. The highest BCUT2D eigenvalue weighted by molar-refractivity contribution is 7.44. The van der Waals surface area contributed by atoms with Crippen LogP contribution < -0.4 is 15.8 Å². The van der Waals surface area contributed by atoms with E-state index in [0.717, 1.165) is 22.4 Å². The zero-order valence-electron chi connectivity index (χ0n) is 30.5. The van der Waals surface area contributed by atoms with Gasteiger partial charge in [0.1, 0.15) is 29.8 Å². The molecule has 0 amide bonds. The molecule has 12 nitrogen and oxygen atoms in total. The zero-order valence-corrected chi connectivity index (χ0v) is 31.4. The second-order valence-electron chi connectivity index (χ2n) is 13.2. The third-order valence-corrected chi connectivity index (χ3v) is 11.4. The molecule has 1 fully saturated rings. The Bertz CT molecular complexity index is 1910. The molecule has 1 unspecified atom stereocenters. The predicted octanol–water partition coefficient (Wildman–Crippen LogP) is 7.09. The maximum absolute atomic E-state index is 16.8. The van der Waals surface area contributed by atoms with Crippen LogP contribution in [-0.2, 0) is 19.3 Å². The molecule has 0 radical (unpaired) electrons. The van der Waals surface area contributed by atoms with E-state index in [9.17, 15) is 0 Å². The summed E-state index contributed by atoms with van der Waals surface area (Å²) in [6.07, 6.45) is -1.49. The van der Waals surface area contributed by atoms with Gasteiger partial charge in [0.15, 0.2) is 29.4 Å². The number of rotatable bonds is 16. The summed E-state index contributed by atoms with van der Waals surface area (Å²) >= 11 is 0. The quantitative estimate of drug-likeness (QED) is 0.0607. The highest BCUT2D eigenvalue weighted by Crippen LogP contribution is 2.51. The number of alkyl halides is 1. The van der Waals surface area contributed by atoms with Crippen molar-refractivity contribution in [2.75, 3.05) is 25.6 Å².